The topological polar surface area (TPSA) is 82.0 Å². The van der Waals surface area contributed by atoms with Gasteiger partial charge in [0.1, 0.15) is 5.56 Å². The molecule has 208 valence electrons. The molecule has 0 saturated carbocycles. The van der Waals surface area contributed by atoms with E-state index in [2.05, 4.69) is 46.3 Å². The number of carbonyl (C=O) groups is 1. The number of halogens is 3. The van der Waals surface area contributed by atoms with Gasteiger partial charge in [-0.15, -0.1) is 0 Å². The Hall–Kier alpha value is -3.34. The van der Waals surface area contributed by atoms with Gasteiger partial charge < -0.3 is 15.1 Å². The van der Waals surface area contributed by atoms with E-state index in [-0.39, 0.29) is 25.1 Å². The summed E-state index contributed by atoms with van der Waals surface area (Å²) in [5.41, 5.74) is 0.378. The summed E-state index contributed by atoms with van der Waals surface area (Å²) in [5.74, 6) is 0.0438. The highest BCUT2D eigenvalue weighted by molar-refractivity contribution is 5.76. The number of nitrogens with zero attached hydrogens (tertiary/aromatic N) is 4. The van der Waals surface area contributed by atoms with Gasteiger partial charge in [0.25, 0.3) is 5.69 Å². The first-order chi connectivity index (χ1) is 17.6. The van der Waals surface area contributed by atoms with Gasteiger partial charge in [-0.3, -0.25) is 19.8 Å². The van der Waals surface area contributed by atoms with E-state index in [1.54, 1.807) is 4.90 Å². The monoisotopic (exact) mass is 535 g/mol. The van der Waals surface area contributed by atoms with Crippen LogP contribution in [0.5, 0.6) is 0 Å². The van der Waals surface area contributed by atoms with Crippen LogP contribution in [0, 0.1) is 17.0 Å². The first-order valence-electron chi connectivity index (χ1n) is 12.5. The van der Waals surface area contributed by atoms with Crippen LogP contribution >= 0.6 is 0 Å². The predicted molar refractivity (Wildman–Crippen MR) is 143 cm³/mol. The van der Waals surface area contributed by atoms with Crippen LogP contribution in [0.4, 0.5) is 30.2 Å². The van der Waals surface area contributed by atoms with Crippen LogP contribution in [-0.4, -0.2) is 72.5 Å². The summed E-state index contributed by atoms with van der Waals surface area (Å²) in [6.07, 6.45) is -3.04. The zero-order valence-corrected chi connectivity index (χ0v) is 20.8. The molecule has 2 aliphatic rings. The number of piperazine rings is 1. The maximum atomic E-state index is 13.2. The molecule has 0 radical (unpaired) electrons. The number of benzene rings is 2. The first kappa shape index (κ1) is 29.2. The summed E-state index contributed by atoms with van der Waals surface area (Å²) in [4.78, 5) is 29.1. The SMILES string of the molecule is C.Cc1ccc(N2CCN(CCCC(=O)N3CC[C@H](Nc4ccc([N+](=O)[O-])c(C(F)(F)F)c4)C3)CC2)cc1. The summed E-state index contributed by atoms with van der Waals surface area (Å²) in [5, 5.41) is 14.0. The quantitative estimate of drug-likeness (QED) is 0.371. The molecule has 2 fully saturated rings. The molecule has 0 aliphatic carbocycles. The lowest BCUT2D eigenvalue weighted by Crippen LogP contribution is -2.46. The number of hydrogen-bond donors (Lipinski definition) is 1. The molecule has 8 nitrogen and oxygen atoms in total. The average molecular weight is 536 g/mol. The normalized spacial score (nSPS) is 18.3. The van der Waals surface area contributed by atoms with Crippen LogP contribution in [0.25, 0.3) is 0 Å². The fraction of sp³-hybridized carbons (Fsp3) is 0.519. The number of carbonyl (C=O) groups excluding carboxylic acids is 1. The highest BCUT2D eigenvalue weighted by atomic mass is 19.4. The molecule has 2 heterocycles. The second kappa shape index (κ2) is 12.5. The van der Waals surface area contributed by atoms with E-state index in [1.165, 1.54) is 17.3 Å². The van der Waals surface area contributed by atoms with Gasteiger partial charge in [-0.05, 0) is 50.6 Å². The van der Waals surface area contributed by atoms with Crippen molar-refractivity contribution in [2.45, 2.75) is 45.8 Å². The zero-order valence-electron chi connectivity index (χ0n) is 20.8. The van der Waals surface area contributed by atoms with E-state index in [9.17, 15) is 28.1 Å². The van der Waals surface area contributed by atoms with E-state index in [0.717, 1.165) is 51.3 Å². The molecule has 0 bridgehead atoms. The van der Waals surface area contributed by atoms with Crippen LogP contribution in [0.3, 0.4) is 0 Å². The van der Waals surface area contributed by atoms with Gasteiger partial charge in [0, 0.05) is 69.2 Å². The van der Waals surface area contributed by atoms with E-state index in [1.807, 2.05) is 0 Å². The summed E-state index contributed by atoms with van der Waals surface area (Å²) >= 11 is 0. The minimum atomic E-state index is -4.83. The molecule has 0 spiro atoms. The van der Waals surface area contributed by atoms with Crippen LogP contribution < -0.4 is 10.2 Å². The number of hydrogen-bond acceptors (Lipinski definition) is 6. The number of rotatable bonds is 8. The highest BCUT2D eigenvalue weighted by Gasteiger charge is 2.38. The number of nitrogens with one attached hydrogen (secondary N) is 1. The molecule has 0 unspecified atom stereocenters. The van der Waals surface area contributed by atoms with Crippen molar-refractivity contribution in [1.29, 1.82) is 0 Å². The van der Waals surface area contributed by atoms with E-state index in [4.69, 9.17) is 0 Å². The molecule has 2 aliphatic heterocycles. The predicted octanol–water partition coefficient (Wildman–Crippen LogP) is 5.17. The number of aryl methyl sites for hydroxylation is 1. The number of nitro benzene ring substituents is 1. The van der Waals surface area contributed by atoms with Crippen LogP contribution in [0.15, 0.2) is 42.5 Å². The Morgan fingerprint density at radius 3 is 2.39 bits per heavy atom. The molecule has 1 atom stereocenters. The van der Waals surface area contributed by atoms with Crippen LogP contribution in [-0.2, 0) is 11.0 Å². The van der Waals surface area contributed by atoms with Crippen molar-refractivity contribution < 1.29 is 22.9 Å². The molecule has 2 aromatic rings. The van der Waals surface area contributed by atoms with Gasteiger partial charge in [-0.1, -0.05) is 25.1 Å². The molecular weight excluding hydrogens is 499 g/mol. The molecule has 38 heavy (non-hydrogen) atoms. The molecule has 2 aromatic carbocycles. The lowest BCUT2D eigenvalue weighted by Gasteiger charge is -2.36. The van der Waals surface area contributed by atoms with Gasteiger partial charge in [0.05, 0.1) is 4.92 Å². The van der Waals surface area contributed by atoms with Crippen molar-refractivity contribution in [3.8, 4) is 0 Å². The second-order valence-corrected chi connectivity index (χ2v) is 9.72. The van der Waals surface area contributed by atoms with Crippen molar-refractivity contribution >= 4 is 23.0 Å². The van der Waals surface area contributed by atoms with Crippen molar-refractivity contribution in [3.05, 3.63) is 63.7 Å². The van der Waals surface area contributed by atoms with Gasteiger partial charge in [-0.25, -0.2) is 0 Å². The number of nitro groups is 1. The third kappa shape index (κ3) is 7.37. The molecule has 0 aromatic heterocycles. The van der Waals surface area contributed by atoms with Gasteiger partial charge in [-0.2, -0.15) is 13.2 Å². The fourth-order valence-corrected chi connectivity index (χ4v) is 4.95. The maximum Gasteiger partial charge on any atom is 0.423 e. The Kier molecular flexibility index (Phi) is 9.59. The van der Waals surface area contributed by atoms with Gasteiger partial charge >= 0.3 is 6.18 Å². The van der Waals surface area contributed by atoms with Gasteiger partial charge in [0.15, 0.2) is 0 Å². The Labute approximate surface area is 221 Å². The third-order valence-corrected chi connectivity index (χ3v) is 7.05. The fourth-order valence-electron chi connectivity index (χ4n) is 4.95. The summed E-state index contributed by atoms with van der Waals surface area (Å²) < 4.78 is 39.7. The Morgan fingerprint density at radius 1 is 1.08 bits per heavy atom. The molecule has 11 heteroatoms. The van der Waals surface area contributed by atoms with E-state index >= 15 is 0 Å². The lowest BCUT2D eigenvalue weighted by molar-refractivity contribution is -0.388. The Balaban J connectivity index is 0.00000400. The lowest BCUT2D eigenvalue weighted by atomic mass is 10.1. The summed E-state index contributed by atoms with van der Waals surface area (Å²) in [6.45, 7) is 7.67. The standard InChI is InChI=1S/C26H32F3N5O3.CH4/c1-19-4-7-22(8-5-19)32-15-13-31(14-16-32)11-2-3-25(35)33-12-10-21(18-33)30-20-6-9-24(34(36)37)23(17-20)26(27,28)29;/h4-9,17,21,30H,2-3,10-16,18H2,1H3;1H4/t21-;/m0./s1. The Morgan fingerprint density at radius 2 is 1.76 bits per heavy atom. The number of alkyl halides is 3. The van der Waals surface area contributed by atoms with Crippen LogP contribution in [0.2, 0.25) is 0 Å². The maximum absolute atomic E-state index is 13.2. The highest BCUT2D eigenvalue weighted by Crippen LogP contribution is 2.37. The minimum Gasteiger partial charge on any atom is -0.380 e. The molecule has 1 N–H and O–H groups in total. The number of likely N-dealkylation sites (tertiary alicyclic amines) is 1. The van der Waals surface area contributed by atoms with E-state index in [0.29, 0.717) is 25.9 Å². The van der Waals surface area contributed by atoms with Crippen molar-refractivity contribution in [3.63, 3.8) is 0 Å². The largest absolute Gasteiger partial charge is 0.423 e. The Bertz CT molecular complexity index is 1100. The van der Waals surface area contributed by atoms with Gasteiger partial charge in [0.2, 0.25) is 5.91 Å². The minimum absolute atomic E-state index is 0. The first-order valence-corrected chi connectivity index (χ1v) is 12.5. The summed E-state index contributed by atoms with van der Waals surface area (Å²) in [6, 6.07) is 11.2. The van der Waals surface area contributed by atoms with E-state index < -0.39 is 22.4 Å². The number of anilines is 2. The van der Waals surface area contributed by atoms with Crippen molar-refractivity contribution in [1.82, 2.24) is 9.80 Å². The summed E-state index contributed by atoms with van der Waals surface area (Å²) in [7, 11) is 0. The molecule has 4 rings (SSSR count). The molecule has 1 amide bonds. The molecule has 2 saturated heterocycles. The third-order valence-electron chi connectivity index (χ3n) is 7.05. The zero-order chi connectivity index (χ0) is 26.6. The average Bonchev–Trinajstić information content (AvgIpc) is 3.33. The van der Waals surface area contributed by atoms with Crippen LogP contribution in [0.1, 0.15) is 37.8 Å². The second-order valence-electron chi connectivity index (χ2n) is 9.72. The smallest absolute Gasteiger partial charge is 0.380 e. The number of amides is 1. The van der Waals surface area contributed by atoms with Crippen molar-refractivity contribution in [2.75, 3.05) is 56.0 Å². The molecular formula is C27H36F3N5O3. The van der Waals surface area contributed by atoms with Crippen molar-refractivity contribution in [2.24, 2.45) is 0 Å².